The molecule has 22 heavy (non-hydrogen) atoms. The fourth-order valence-electron chi connectivity index (χ4n) is 2.35. The van der Waals surface area contributed by atoms with Crippen LogP contribution in [0.25, 0.3) is 16.5 Å². The summed E-state index contributed by atoms with van der Waals surface area (Å²) in [4.78, 5) is 10.3. The lowest BCUT2D eigenvalue weighted by Gasteiger charge is -2.09. The average Bonchev–Trinajstić information content (AvgIpc) is 3.16. The molecule has 0 spiro atoms. The maximum absolute atomic E-state index is 6.05. The Morgan fingerprint density at radius 2 is 2.18 bits per heavy atom. The molecule has 0 unspecified atom stereocenters. The Bertz CT molecular complexity index is 761. The van der Waals surface area contributed by atoms with E-state index in [2.05, 4.69) is 28.5 Å². The van der Waals surface area contributed by atoms with Gasteiger partial charge in [0.15, 0.2) is 0 Å². The summed E-state index contributed by atoms with van der Waals surface area (Å²) in [7, 11) is 0. The van der Waals surface area contributed by atoms with Gasteiger partial charge in [0, 0.05) is 6.20 Å². The fraction of sp³-hybridized carbons (Fsp3) is 0.312. The topological polar surface area (TPSA) is 69.6 Å². The second-order valence-corrected chi connectivity index (χ2v) is 6.19. The molecule has 0 fully saturated rings. The van der Waals surface area contributed by atoms with Crippen molar-refractivity contribution in [3.63, 3.8) is 0 Å². The smallest absolute Gasteiger partial charge is 0.251 e. The maximum Gasteiger partial charge on any atom is 0.251 e. The first-order valence-electron chi connectivity index (χ1n) is 7.41. The van der Waals surface area contributed by atoms with Gasteiger partial charge in [-0.3, -0.25) is 0 Å². The van der Waals surface area contributed by atoms with Gasteiger partial charge in [-0.25, -0.2) is 14.6 Å². The minimum Gasteiger partial charge on any atom is -0.396 e. The quantitative estimate of drug-likeness (QED) is 0.781. The summed E-state index contributed by atoms with van der Waals surface area (Å²) in [5.74, 6) is 0.580. The van der Waals surface area contributed by atoms with Crippen LogP contribution in [-0.4, -0.2) is 19.7 Å². The van der Waals surface area contributed by atoms with Gasteiger partial charge in [-0.2, -0.15) is 5.10 Å². The highest BCUT2D eigenvalue weighted by molar-refractivity contribution is 7.13. The maximum atomic E-state index is 6.05. The number of unbranched alkanes of at least 4 members (excludes halogenated alkanes) is 1. The van der Waals surface area contributed by atoms with Crippen LogP contribution in [0.2, 0.25) is 0 Å². The van der Waals surface area contributed by atoms with Crippen molar-refractivity contribution in [2.75, 3.05) is 5.73 Å². The van der Waals surface area contributed by atoms with Crippen molar-refractivity contribution in [2.24, 2.45) is 0 Å². The van der Waals surface area contributed by atoms with Gasteiger partial charge in [0.05, 0.1) is 28.1 Å². The molecule has 3 heterocycles. The number of hydrogen-bond acceptors (Lipinski definition) is 5. The van der Waals surface area contributed by atoms with Crippen LogP contribution in [0.3, 0.4) is 0 Å². The van der Waals surface area contributed by atoms with E-state index < -0.39 is 0 Å². The normalized spacial score (nSPS) is 11.0. The molecule has 0 saturated carbocycles. The number of nitrogens with two attached hydrogens (primary N) is 1. The minimum atomic E-state index is 0.580. The molecule has 5 nitrogen and oxygen atoms in total. The van der Waals surface area contributed by atoms with E-state index in [1.54, 1.807) is 22.2 Å². The lowest BCUT2D eigenvalue weighted by atomic mass is 10.2. The Hall–Kier alpha value is -2.21. The number of anilines is 1. The lowest BCUT2D eigenvalue weighted by molar-refractivity contribution is 0.707. The number of aromatic nitrogens is 4. The van der Waals surface area contributed by atoms with Crippen LogP contribution < -0.4 is 5.73 Å². The van der Waals surface area contributed by atoms with Crippen molar-refractivity contribution < 1.29 is 0 Å². The standard InChI is InChI=1S/C16H19N5S/c1-3-4-6-13-12(17)10-19-21(13)16-18-9-11(2)15(20-16)14-7-5-8-22-14/h5,7-10H,3-4,6,17H2,1-2H3. The SMILES string of the molecule is CCCCc1c(N)cnn1-c1ncc(C)c(-c2cccs2)n1. The van der Waals surface area contributed by atoms with Crippen molar-refractivity contribution in [2.45, 2.75) is 33.1 Å². The van der Waals surface area contributed by atoms with E-state index in [0.717, 1.165) is 41.1 Å². The van der Waals surface area contributed by atoms with E-state index in [1.807, 2.05) is 19.2 Å². The molecule has 3 aromatic rings. The number of hydrogen-bond donors (Lipinski definition) is 1. The zero-order valence-electron chi connectivity index (χ0n) is 12.8. The Balaban J connectivity index is 2.04. The molecule has 0 amide bonds. The number of rotatable bonds is 5. The molecule has 0 radical (unpaired) electrons. The number of nitrogens with zero attached hydrogens (tertiary/aromatic N) is 4. The van der Waals surface area contributed by atoms with Crippen LogP contribution in [-0.2, 0) is 6.42 Å². The molecule has 0 aromatic carbocycles. The van der Waals surface area contributed by atoms with Crippen molar-refractivity contribution in [1.82, 2.24) is 19.7 Å². The van der Waals surface area contributed by atoms with E-state index >= 15 is 0 Å². The average molecular weight is 313 g/mol. The van der Waals surface area contributed by atoms with Crippen LogP contribution >= 0.6 is 11.3 Å². The van der Waals surface area contributed by atoms with E-state index in [1.165, 1.54) is 0 Å². The van der Waals surface area contributed by atoms with Crippen molar-refractivity contribution in [1.29, 1.82) is 0 Å². The predicted molar refractivity (Wildman–Crippen MR) is 90.2 cm³/mol. The molecule has 0 aliphatic carbocycles. The summed E-state index contributed by atoms with van der Waals surface area (Å²) in [5, 5.41) is 6.41. The Kier molecular flexibility index (Phi) is 4.20. The first kappa shape index (κ1) is 14.7. The van der Waals surface area contributed by atoms with Gasteiger partial charge in [0.2, 0.25) is 0 Å². The Morgan fingerprint density at radius 3 is 2.91 bits per heavy atom. The first-order chi connectivity index (χ1) is 10.7. The van der Waals surface area contributed by atoms with Gasteiger partial charge in [-0.1, -0.05) is 19.4 Å². The molecule has 6 heteroatoms. The third kappa shape index (κ3) is 2.74. The summed E-state index contributed by atoms with van der Waals surface area (Å²) in [5.41, 5.74) is 9.75. The second-order valence-electron chi connectivity index (χ2n) is 5.24. The van der Waals surface area contributed by atoms with Crippen LogP contribution in [0.1, 0.15) is 31.0 Å². The molecule has 0 bridgehead atoms. The molecule has 2 N–H and O–H groups in total. The van der Waals surface area contributed by atoms with Crippen LogP contribution in [0, 0.1) is 6.92 Å². The molecular formula is C16H19N5S. The highest BCUT2D eigenvalue weighted by Gasteiger charge is 2.14. The molecule has 3 aromatic heterocycles. The van der Waals surface area contributed by atoms with E-state index in [9.17, 15) is 0 Å². The van der Waals surface area contributed by atoms with Crippen molar-refractivity contribution >= 4 is 17.0 Å². The zero-order chi connectivity index (χ0) is 15.5. The summed E-state index contributed by atoms with van der Waals surface area (Å²) < 4.78 is 1.77. The summed E-state index contributed by atoms with van der Waals surface area (Å²) in [6.07, 6.45) is 6.59. The first-order valence-corrected chi connectivity index (χ1v) is 8.29. The highest BCUT2D eigenvalue weighted by Crippen LogP contribution is 2.26. The van der Waals surface area contributed by atoms with Gasteiger partial charge < -0.3 is 5.73 Å². The number of nitrogen functional groups attached to an aromatic ring is 1. The summed E-state index contributed by atoms with van der Waals surface area (Å²) >= 11 is 1.67. The zero-order valence-corrected chi connectivity index (χ0v) is 13.6. The predicted octanol–water partition coefficient (Wildman–Crippen LogP) is 3.62. The third-order valence-corrected chi connectivity index (χ3v) is 4.45. The molecule has 0 saturated heterocycles. The van der Waals surface area contributed by atoms with Crippen molar-refractivity contribution in [3.05, 3.63) is 41.2 Å². The molecule has 0 atom stereocenters. The van der Waals surface area contributed by atoms with Gasteiger partial charge in [0.25, 0.3) is 5.95 Å². The number of thiophene rings is 1. The van der Waals surface area contributed by atoms with Gasteiger partial charge in [-0.15, -0.1) is 11.3 Å². The lowest BCUT2D eigenvalue weighted by Crippen LogP contribution is -2.09. The van der Waals surface area contributed by atoms with E-state index in [4.69, 9.17) is 10.7 Å². The van der Waals surface area contributed by atoms with Crippen LogP contribution in [0.15, 0.2) is 29.9 Å². The van der Waals surface area contributed by atoms with Gasteiger partial charge in [-0.05, 0) is 36.8 Å². The Morgan fingerprint density at radius 1 is 1.32 bits per heavy atom. The molecule has 0 aliphatic heterocycles. The monoisotopic (exact) mass is 313 g/mol. The van der Waals surface area contributed by atoms with Gasteiger partial charge in [0.1, 0.15) is 0 Å². The van der Waals surface area contributed by atoms with Crippen molar-refractivity contribution in [3.8, 4) is 16.5 Å². The Labute approximate surface area is 133 Å². The second kappa shape index (κ2) is 6.27. The van der Waals surface area contributed by atoms with E-state index in [-0.39, 0.29) is 0 Å². The largest absolute Gasteiger partial charge is 0.396 e. The van der Waals surface area contributed by atoms with Gasteiger partial charge >= 0.3 is 0 Å². The third-order valence-electron chi connectivity index (χ3n) is 3.57. The molecule has 114 valence electrons. The van der Waals surface area contributed by atoms with Crippen LogP contribution in [0.4, 0.5) is 5.69 Å². The summed E-state index contributed by atoms with van der Waals surface area (Å²) in [6, 6.07) is 4.10. The number of aryl methyl sites for hydroxylation is 1. The van der Waals surface area contributed by atoms with Crippen LogP contribution in [0.5, 0.6) is 0 Å². The summed E-state index contributed by atoms with van der Waals surface area (Å²) in [6.45, 7) is 4.18. The molecular weight excluding hydrogens is 294 g/mol. The van der Waals surface area contributed by atoms with E-state index in [0.29, 0.717) is 11.6 Å². The highest BCUT2D eigenvalue weighted by atomic mass is 32.1. The minimum absolute atomic E-state index is 0.580. The molecule has 3 rings (SSSR count). The molecule has 0 aliphatic rings. The fourth-order valence-corrected chi connectivity index (χ4v) is 3.13.